The summed E-state index contributed by atoms with van der Waals surface area (Å²) in [4.78, 5) is 38.2. The standard InChI is InChI=1S/C48H62N12/c1-25-26(2)54(10)45(53(25)9)34-24-41-44(48-59(15)31(7)32(8)60(48)16)39-22-21-38(51-39)43(47-57(13)29(5)30(6)58(47)14)37-20-19-36(50-37)42(46-55(11)27(3)28(4)56(46)12)35-18-17-33(49-35)23-40(34)52-41/h17-24,45-49,51H,1-16H3. The monoisotopic (exact) mass is 807 g/mol. The number of aromatic nitrogens is 4. The summed E-state index contributed by atoms with van der Waals surface area (Å²) in [5.74, 6) is 0. The number of fused-ring (bicyclic) bond motifs is 8. The van der Waals surface area contributed by atoms with Crippen LogP contribution in [0.5, 0.6) is 0 Å². The highest BCUT2D eigenvalue weighted by Crippen LogP contribution is 2.46. The van der Waals surface area contributed by atoms with E-state index in [9.17, 15) is 0 Å². The predicted octanol–water partition coefficient (Wildman–Crippen LogP) is 8.86. The molecule has 9 heterocycles. The van der Waals surface area contributed by atoms with E-state index >= 15 is 0 Å². The first-order chi connectivity index (χ1) is 28.4. The molecule has 6 aliphatic rings. The summed E-state index contributed by atoms with van der Waals surface area (Å²) in [6, 6.07) is 11.2. The molecule has 2 N–H and O–H groups in total. The number of aromatic amines is 2. The molecule has 0 aliphatic carbocycles. The summed E-state index contributed by atoms with van der Waals surface area (Å²) in [5, 5.41) is 0. The van der Waals surface area contributed by atoms with Crippen molar-refractivity contribution in [3.05, 3.63) is 115 Å². The van der Waals surface area contributed by atoms with Crippen molar-refractivity contribution in [2.75, 3.05) is 56.4 Å². The maximum absolute atomic E-state index is 5.66. The minimum atomic E-state index is -0.0862. The predicted molar refractivity (Wildman–Crippen MR) is 245 cm³/mol. The minimum absolute atomic E-state index is 0.0194. The SMILES string of the molecule is CC1=C(C)N(C)C(C2=Cc3nc2cc2ccc([nH]2)c(C2N(C)C(C)=C(C)N2C)c2nc(c(C4N(C)C(C)=C(C)N4C)c4ccc([nH]4)c3C3N(C)C(C)=C(C)N3C)C=C2)N1C. The van der Waals surface area contributed by atoms with Crippen LogP contribution in [0.25, 0.3) is 45.9 Å². The average molecular weight is 807 g/mol. The molecule has 0 amide bonds. The van der Waals surface area contributed by atoms with E-state index in [2.05, 4.69) is 209 Å². The van der Waals surface area contributed by atoms with Crippen molar-refractivity contribution in [2.24, 2.45) is 0 Å². The Morgan fingerprint density at radius 3 is 1.13 bits per heavy atom. The van der Waals surface area contributed by atoms with Gasteiger partial charge in [0.1, 0.15) is 24.7 Å². The topological polar surface area (TPSA) is 83.3 Å². The molecule has 60 heavy (non-hydrogen) atoms. The first-order valence-electron chi connectivity index (χ1n) is 21.1. The number of likely N-dealkylation sites (N-methyl/N-ethyl adjacent to an activating group) is 2. The molecule has 0 saturated carbocycles. The van der Waals surface area contributed by atoms with Gasteiger partial charge in [-0.15, -0.1) is 0 Å². The molecule has 6 aliphatic heterocycles. The maximum Gasteiger partial charge on any atom is 0.131 e. The van der Waals surface area contributed by atoms with E-state index in [0.29, 0.717) is 0 Å². The van der Waals surface area contributed by atoms with Gasteiger partial charge in [-0.25, -0.2) is 9.97 Å². The maximum atomic E-state index is 5.66. The van der Waals surface area contributed by atoms with Crippen molar-refractivity contribution in [2.45, 2.75) is 80.1 Å². The fraction of sp³-hybridized carbons (Fsp3) is 0.417. The van der Waals surface area contributed by atoms with Gasteiger partial charge < -0.3 is 49.2 Å². The molecule has 12 nitrogen and oxygen atoms in total. The van der Waals surface area contributed by atoms with Gasteiger partial charge in [0, 0.05) is 146 Å². The lowest BCUT2D eigenvalue weighted by molar-refractivity contribution is 0.192. The molecule has 12 heteroatoms. The Morgan fingerprint density at radius 2 is 0.733 bits per heavy atom. The van der Waals surface area contributed by atoms with Gasteiger partial charge in [-0.05, 0) is 104 Å². The van der Waals surface area contributed by atoms with Crippen LogP contribution in [0.4, 0.5) is 0 Å². The molecule has 0 aromatic carbocycles. The summed E-state index contributed by atoms with van der Waals surface area (Å²) >= 11 is 0. The van der Waals surface area contributed by atoms with Gasteiger partial charge in [0.05, 0.1) is 22.8 Å². The first-order valence-corrected chi connectivity index (χ1v) is 21.1. The molecule has 3 aromatic heterocycles. The van der Waals surface area contributed by atoms with Gasteiger partial charge in [0.15, 0.2) is 0 Å². The molecule has 8 bridgehead atoms. The van der Waals surface area contributed by atoms with Crippen LogP contribution in [0.2, 0.25) is 0 Å². The Labute approximate surface area is 355 Å². The zero-order valence-electron chi connectivity index (χ0n) is 38.4. The van der Waals surface area contributed by atoms with Crippen molar-refractivity contribution < 1.29 is 0 Å². The molecule has 9 rings (SSSR count). The third-order valence-corrected chi connectivity index (χ3v) is 15.2. The zero-order chi connectivity index (χ0) is 43.0. The number of rotatable bonds is 4. The van der Waals surface area contributed by atoms with Crippen LogP contribution in [-0.2, 0) is 0 Å². The quantitative estimate of drug-likeness (QED) is 0.209. The lowest BCUT2D eigenvalue weighted by atomic mass is 10.1. The molecule has 0 atom stereocenters. The number of hydrogen-bond acceptors (Lipinski definition) is 10. The second-order valence-electron chi connectivity index (χ2n) is 17.8. The molecule has 0 fully saturated rings. The average Bonchev–Trinajstić information content (AvgIpc) is 4.13. The van der Waals surface area contributed by atoms with Crippen molar-refractivity contribution >= 4 is 45.9 Å². The fourth-order valence-corrected chi connectivity index (χ4v) is 10.4. The van der Waals surface area contributed by atoms with Gasteiger partial charge >= 0.3 is 0 Å². The Balaban J connectivity index is 1.42. The van der Waals surface area contributed by atoms with Crippen LogP contribution in [0.3, 0.4) is 0 Å². The Morgan fingerprint density at radius 1 is 0.400 bits per heavy atom. The summed E-state index contributed by atoms with van der Waals surface area (Å²) in [7, 11) is 17.6. The number of nitrogens with one attached hydrogen (secondary N) is 2. The van der Waals surface area contributed by atoms with Crippen LogP contribution in [-0.4, -0.2) is 122 Å². The van der Waals surface area contributed by atoms with E-state index in [1.807, 2.05) is 0 Å². The number of H-pyrrole nitrogens is 2. The van der Waals surface area contributed by atoms with Gasteiger partial charge in [0.2, 0.25) is 0 Å². The molecule has 0 radical (unpaired) electrons. The van der Waals surface area contributed by atoms with Crippen LogP contribution < -0.4 is 0 Å². The van der Waals surface area contributed by atoms with E-state index in [0.717, 1.165) is 67.1 Å². The van der Waals surface area contributed by atoms with Gasteiger partial charge in [0.25, 0.3) is 0 Å². The molecule has 0 saturated heterocycles. The molecule has 0 unspecified atom stereocenters. The Hall–Kier alpha value is -6.04. The molecule has 314 valence electrons. The lowest BCUT2D eigenvalue weighted by Gasteiger charge is -2.31. The van der Waals surface area contributed by atoms with E-state index in [1.54, 1.807) is 0 Å². The van der Waals surface area contributed by atoms with Crippen molar-refractivity contribution in [1.29, 1.82) is 0 Å². The summed E-state index contributed by atoms with van der Waals surface area (Å²) in [5.41, 5.74) is 22.4. The first kappa shape index (κ1) is 39.4. The molecule has 0 spiro atoms. The van der Waals surface area contributed by atoms with Crippen LogP contribution in [0.1, 0.15) is 113 Å². The minimum Gasteiger partial charge on any atom is -0.355 e. The molecular formula is C48H62N12. The third kappa shape index (κ3) is 5.48. The van der Waals surface area contributed by atoms with E-state index in [-0.39, 0.29) is 24.7 Å². The summed E-state index contributed by atoms with van der Waals surface area (Å²) in [6.07, 6.45) is 6.54. The highest BCUT2D eigenvalue weighted by molar-refractivity contribution is 5.90. The second kappa shape index (κ2) is 13.8. The van der Waals surface area contributed by atoms with Crippen LogP contribution >= 0.6 is 0 Å². The summed E-state index contributed by atoms with van der Waals surface area (Å²) in [6.45, 7) is 17.7. The normalized spacial score (nSPS) is 19.9. The Kier molecular flexibility index (Phi) is 9.04. The van der Waals surface area contributed by atoms with Crippen molar-refractivity contribution in [1.82, 2.24) is 59.1 Å². The number of allylic oxidation sites excluding steroid dienone is 8. The Bertz CT molecular complexity index is 2650. The number of hydrogen-bond donors (Lipinski definition) is 2. The van der Waals surface area contributed by atoms with E-state index in [1.165, 1.54) is 45.6 Å². The molecular weight excluding hydrogens is 745 g/mol. The van der Waals surface area contributed by atoms with Gasteiger partial charge in [-0.2, -0.15) is 0 Å². The zero-order valence-corrected chi connectivity index (χ0v) is 38.4. The van der Waals surface area contributed by atoms with Gasteiger partial charge in [-0.3, -0.25) is 0 Å². The number of nitrogens with zero attached hydrogens (tertiary/aromatic N) is 10. The van der Waals surface area contributed by atoms with Crippen LogP contribution in [0, 0.1) is 0 Å². The van der Waals surface area contributed by atoms with E-state index < -0.39 is 0 Å². The van der Waals surface area contributed by atoms with Gasteiger partial charge in [-0.1, -0.05) is 0 Å². The smallest absolute Gasteiger partial charge is 0.131 e. The van der Waals surface area contributed by atoms with Crippen LogP contribution in [0.15, 0.2) is 75.9 Å². The lowest BCUT2D eigenvalue weighted by Crippen LogP contribution is -2.36. The highest BCUT2D eigenvalue weighted by Gasteiger charge is 2.40. The summed E-state index contributed by atoms with van der Waals surface area (Å²) < 4.78 is 0. The van der Waals surface area contributed by atoms with Crippen molar-refractivity contribution in [3.63, 3.8) is 0 Å². The fourth-order valence-electron chi connectivity index (χ4n) is 10.4. The largest absolute Gasteiger partial charge is 0.355 e. The highest BCUT2D eigenvalue weighted by atomic mass is 15.4. The van der Waals surface area contributed by atoms with Crippen molar-refractivity contribution in [3.8, 4) is 0 Å². The third-order valence-electron chi connectivity index (χ3n) is 15.2. The molecule has 3 aromatic rings. The second-order valence-corrected chi connectivity index (χ2v) is 17.8. The van der Waals surface area contributed by atoms with E-state index in [4.69, 9.17) is 9.97 Å².